The third kappa shape index (κ3) is 1.46. The third-order valence-corrected chi connectivity index (χ3v) is 2.68. The van der Waals surface area contributed by atoms with E-state index in [0.717, 1.165) is 16.9 Å². The lowest BCUT2D eigenvalue weighted by molar-refractivity contribution is 0.411. The summed E-state index contributed by atoms with van der Waals surface area (Å²) in [5, 5.41) is 13.6. The molecule has 0 unspecified atom stereocenters. The second-order valence-electron chi connectivity index (χ2n) is 3.67. The Morgan fingerprint density at radius 1 is 1.17 bits per heavy atom. The van der Waals surface area contributed by atoms with Gasteiger partial charge in [0, 0.05) is 5.56 Å². The number of hydrogen-bond donors (Lipinski definition) is 1. The SMILES string of the molecule is COc1ccccc1-c1cnn2c(O)ncnc12. The van der Waals surface area contributed by atoms with Gasteiger partial charge < -0.3 is 9.84 Å². The van der Waals surface area contributed by atoms with Gasteiger partial charge in [0.05, 0.1) is 18.9 Å². The van der Waals surface area contributed by atoms with Crippen LogP contribution in [0.2, 0.25) is 0 Å². The lowest BCUT2D eigenvalue weighted by atomic mass is 10.1. The molecule has 2 heterocycles. The molecule has 0 fully saturated rings. The molecule has 0 saturated carbocycles. The lowest BCUT2D eigenvalue weighted by Crippen LogP contribution is -1.94. The van der Waals surface area contributed by atoms with E-state index in [1.54, 1.807) is 13.3 Å². The molecule has 18 heavy (non-hydrogen) atoms. The second kappa shape index (κ2) is 3.99. The molecule has 0 bridgehead atoms. The quantitative estimate of drug-likeness (QED) is 0.737. The third-order valence-electron chi connectivity index (χ3n) is 2.68. The van der Waals surface area contributed by atoms with E-state index in [1.807, 2.05) is 24.3 Å². The van der Waals surface area contributed by atoms with Gasteiger partial charge in [0.2, 0.25) is 0 Å². The van der Waals surface area contributed by atoms with Crippen LogP contribution < -0.4 is 4.74 Å². The number of nitrogens with zero attached hydrogens (tertiary/aromatic N) is 4. The Bertz CT molecular complexity index is 708. The minimum Gasteiger partial charge on any atom is -0.496 e. The first kappa shape index (κ1) is 10.5. The maximum atomic E-state index is 9.58. The van der Waals surface area contributed by atoms with Gasteiger partial charge in [-0.05, 0) is 6.07 Å². The van der Waals surface area contributed by atoms with Gasteiger partial charge in [-0.15, -0.1) is 0 Å². The predicted molar refractivity (Wildman–Crippen MR) is 64.4 cm³/mol. The Morgan fingerprint density at radius 3 is 2.83 bits per heavy atom. The molecule has 0 amide bonds. The molecule has 6 nitrogen and oxygen atoms in total. The molecular formula is C12H10N4O2. The summed E-state index contributed by atoms with van der Waals surface area (Å²) >= 11 is 0. The molecule has 0 aliphatic carbocycles. The predicted octanol–water partition coefficient (Wildman–Crippen LogP) is 1.51. The fourth-order valence-corrected chi connectivity index (χ4v) is 1.86. The van der Waals surface area contributed by atoms with Crippen LogP contribution in [0.25, 0.3) is 16.8 Å². The smallest absolute Gasteiger partial charge is 0.318 e. The highest BCUT2D eigenvalue weighted by atomic mass is 16.5. The number of rotatable bonds is 2. The Balaban J connectivity index is 2.29. The van der Waals surface area contributed by atoms with Gasteiger partial charge in [0.25, 0.3) is 0 Å². The van der Waals surface area contributed by atoms with E-state index in [4.69, 9.17) is 4.74 Å². The van der Waals surface area contributed by atoms with Gasteiger partial charge in [0.1, 0.15) is 12.1 Å². The molecule has 0 saturated heterocycles. The fraction of sp³-hybridized carbons (Fsp3) is 0.0833. The molecule has 1 N–H and O–H groups in total. The van der Waals surface area contributed by atoms with Crippen molar-refractivity contribution in [2.75, 3.05) is 7.11 Å². The second-order valence-corrected chi connectivity index (χ2v) is 3.67. The molecule has 1 aromatic carbocycles. The molecule has 0 radical (unpaired) electrons. The van der Waals surface area contributed by atoms with E-state index < -0.39 is 0 Å². The summed E-state index contributed by atoms with van der Waals surface area (Å²) in [6, 6.07) is 7.37. The van der Waals surface area contributed by atoms with Crippen molar-refractivity contribution in [3.05, 3.63) is 36.8 Å². The van der Waals surface area contributed by atoms with Crippen molar-refractivity contribution in [3.63, 3.8) is 0 Å². The van der Waals surface area contributed by atoms with Crippen LogP contribution in [0.5, 0.6) is 11.8 Å². The van der Waals surface area contributed by atoms with Crippen molar-refractivity contribution < 1.29 is 9.84 Å². The molecule has 3 rings (SSSR count). The number of fused-ring (bicyclic) bond motifs is 1. The average Bonchev–Trinajstić information content (AvgIpc) is 2.84. The van der Waals surface area contributed by atoms with Crippen LogP contribution in [0.4, 0.5) is 0 Å². The van der Waals surface area contributed by atoms with Gasteiger partial charge in [-0.25, -0.2) is 4.98 Å². The van der Waals surface area contributed by atoms with Gasteiger partial charge in [-0.2, -0.15) is 14.6 Å². The molecule has 0 aliphatic rings. The van der Waals surface area contributed by atoms with Crippen LogP contribution in [0.1, 0.15) is 0 Å². The van der Waals surface area contributed by atoms with Crippen LogP contribution in [0, 0.1) is 0 Å². The Labute approximate surface area is 103 Å². The minimum absolute atomic E-state index is 0.193. The van der Waals surface area contributed by atoms with E-state index >= 15 is 0 Å². The summed E-state index contributed by atoms with van der Waals surface area (Å²) < 4.78 is 6.58. The zero-order valence-electron chi connectivity index (χ0n) is 9.61. The maximum absolute atomic E-state index is 9.58. The van der Waals surface area contributed by atoms with Crippen LogP contribution in [0.3, 0.4) is 0 Å². The number of para-hydroxylation sites is 1. The Hall–Kier alpha value is -2.63. The first-order chi connectivity index (χ1) is 8.81. The van der Waals surface area contributed by atoms with E-state index in [1.165, 1.54) is 10.8 Å². The number of benzene rings is 1. The fourth-order valence-electron chi connectivity index (χ4n) is 1.86. The number of aromatic hydroxyl groups is 1. The molecule has 0 spiro atoms. The Morgan fingerprint density at radius 2 is 2.00 bits per heavy atom. The molecule has 0 atom stereocenters. The van der Waals surface area contributed by atoms with Crippen molar-refractivity contribution in [1.29, 1.82) is 0 Å². The standard InChI is InChI=1S/C12H10N4O2/c1-18-10-5-3-2-4-8(10)9-6-15-16-11(9)13-7-14-12(16)17/h2-7H,1H3,(H,13,14,17). The molecule has 0 aliphatic heterocycles. The molecule has 3 aromatic rings. The number of methoxy groups -OCH3 is 1. The minimum atomic E-state index is -0.193. The van der Waals surface area contributed by atoms with E-state index in [2.05, 4.69) is 15.1 Å². The highest BCUT2D eigenvalue weighted by molar-refractivity contribution is 5.81. The largest absolute Gasteiger partial charge is 0.496 e. The zero-order chi connectivity index (χ0) is 12.5. The topological polar surface area (TPSA) is 72.5 Å². The summed E-state index contributed by atoms with van der Waals surface area (Å²) in [4.78, 5) is 7.80. The van der Waals surface area contributed by atoms with Gasteiger partial charge >= 0.3 is 6.01 Å². The van der Waals surface area contributed by atoms with Gasteiger partial charge in [-0.1, -0.05) is 18.2 Å². The monoisotopic (exact) mass is 242 g/mol. The van der Waals surface area contributed by atoms with Gasteiger partial charge in [-0.3, -0.25) is 0 Å². The first-order valence-electron chi connectivity index (χ1n) is 5.32. The zero-order valence-corrected chi connectivity index (χ0v) is 9.61. The number of aromatic nitrogens is 4. The van der Waals surface area contributed by atoms with Crippen molar-refractivity contribution >= 4 is 5.65 Å². The van der Waals surface area contributed by atoms with Gasteiger partial charge in [0.15, 0.2) is 5.65 Å². The summed E-state index contributed by atoms with van der Waals surface area (Å²) in [5.41, 5.74) is 2.19. The lowest BCUT2D eigenvalue weighted by Gasteiger charge is -2.06. The summed E-state index contributed by atoms with van der Waals surface area (Å²) in [7, 11) is 1.61. The number of hydrogen-bond acceptors (Lipinski definition) is 5. The maximum Gasteiger partial charge on any atom is 0.318 e. The van der Waals surface area contributed by atoms with Crippen molar-refractivity contribution in [2.45, 2.75) is 0 Å². The highest BCUT2D eigenvalue weighted by Crippen LogP contribution is 2.32. The van der Waals surface area contributed by atoms with E-state index in [9.17, 15) is 5.11 Å². The highest BCUT2D eigenvalue weighted by Gasteiger charge is 2.13. The van der Waals surface area contributed by atoms with E-state index in [-0.39, 0.29) is 6.01 Å². The van der Waals surface area contributed by atoms with Crippen molar-refractivity contribution in [3.8, 4) is 22.9 Å². The summed E-state index contributed by atoms with van der Waals surface area (Å²) in [5.74, 6) is 0.727. The Kier molecular flexibility index (Phi) is 2.33. The summed E-state index contributed by atoms with van der Waals surface area (Å²) in [6.45, 7) is 0. The molecule has 2 aromatic heterocycles. The molecule has 90 valence electrons. The van der Waals surface area contributed by atoms with Crippen molar-refractivity contribution in [1.82, 2.24) is 19.6 Å². The van der Waals surface area contributed by atoms with Crippen molar-refractivity contribution in [2.24, 2.45) is 0 Å². The van der Waals surface area contributed by atoms with E-state index in [0.29, 0.717) is 5.65 Å². The summed E-state index contributed by atoms with van der Waals surface area (Å²) in [6.07, 6.45) is 2.92. The van der Waals surface area contributed by atoms with Crippen LogP contribution in [-0.2, 0) is 0 Å². The van der Waals surface area contributed by atoms with Crippen LogP contribution >= 0.6 is 0 Å². The molecular weight excluding hydrogens is 232 g/mol. The number of ether oxygens (including phenoxy) is 1. The molecule has 6 heteroatoms. The van der Waals surface area contributed by atoms with Crippen LogP contribution in [0.15, 0.2) is 36.8 Å². The first-order valence-corrected chi connectivity index (χ1v) is 5.32. The average molecular weight is 242 g/mol. The normalized spacial score (nSPS) is 10.7. The van der Waals surface area contributed by atoms with Crippen LogP contribution in [-0.4, -0.2) is 31.8 Å².